The number of benzene rings is 1. The van der Waals surface area contributed by atoms with Crippen LogP contribution in [-0.4, -0.2) is 74.0 Å². The molecule has 2 aliphatic heterocycles. The average molecular weight is 441 g/mol. The first-order valence-electron chi connectivity index (χ1n) is 10.7. The van der Waals surface area contributed by atoms with Gasteiger partial charge in [0, 0.05) is 38.0 Å². The highest BCUT2D eigenvalue weighted by atomic mass is 16.5. The summed E-state index contributed by atoms with van der Waals surface area (Å²) < 4.78 is 11.2. The van der Waals surface area contributed by atoms with Crippen molar-refractivity contribution in [1.29, 1.82) is 0 Å². The minimum atomic E-state index is -0.829. The first kappa shape index (κ1) is 22.0. The van der Waals surface area contributed by atoms with Crippen molar-refractivity contribution < 1.29 is 19.1 Å². The van der Waals surface area contributed by atoms with Gasteiger partial charge in [0.25, 0.3) is 5.91 Å². The number of carbonyl (C=O) groups is 2. The van der Waals surface area contributed by atoms with Gasteiger partial charge in [-0.1, -0.05) is 0 Å². The Morgan fingerprint density at radius 1 is 1.31 bits per heavy atom. The Morgan fingerprint density at radius 3 is 2.81 bits per heavy atom. The molecule has 32 heavy (non-hydrogen) atoms. The highest BCUT2D eigenvalue weighted by Gasteiger charge is 2.50. The van der Waals surface area contributed by atoms with E-state index in [4.69, 9.17) is 14.5 Å². The van der Waals surface area contributed by atoms with Crippen molar-refractivity contribution in [2.24, 2.45) is 0 Å². The SMILES string of the molecule is CCOCCN1C(=O)C2(C)COCCN2c2nc(-c3ccc(NC(=O)NC)cc3)ncc21. The molecule has 2 N–H and O–H groups in total. The van der Waals surface area contributed by atoms with Gasteiger partial charge in [0.1, 0.15) is 11.2 Å². The van der Waals surface area contributed by atoms with Crippen LogP contribution < -0.4 is 20.4 Å². The van der Waals surface area contributed by atoms with E-state index in [2.05, 4.69) is 15.6 Å². The summed E-state index contributed by atoms with van der Waals surface area (Å²) in [5, 5.41) is 5.25. The molecule has 1 fully saturated rings. The van der Waals surface area contributed by atoms with E-state index < -0.39 is 5.54 Å². The zero-order valence-electron chi connectivity index (χ0n) is 18.6. The normalized spacial score (nSPS) is 19.9. The van der Waals surface area contributed by atoms with Crippen LogP contribution >= 0.6 is 0 Å². The second-order valence-corrected chi connectivity index (χ2v) is 7.82. The molecule has 2 aromatic rings. The maximum absolute atomic E-state index is 13.4. The molecule has 3 heterocycles. The molecule has 0 radical (unpaired) electrons. The van der Waals surface area contributed by atoms with Crippen LogP contribution in [0, 0.1) is 0 Å². The third-order valence-electron chi connectivity index (χ3n) is 5.73. The molecule has 1 saturated heterocycles. The smallest absolute Gasteiger partial charge is 0.318 e. The van der Waals surface area contributed by atoms with Crippen molar-refractivity contribution in [3.05, 3.63) is 30.5 Å². The molecule has 10 heteroatoms. The Balaban J connectivity index is 1.69. The van der Waals surface area contributed by atoms with Gasteiger partial charge in [0.05, 0.1) is 26.0 Å². The van der Waals surface area contributed by atoms with Gasteiger partial charge in [-0.2, -0.15) is 0 Å². The number of ether oxygens (including phenoxy) is 2. The maximum Gasteiger partial charge on any atom is 0.318 e. The fraction of sp³-hybridized carbons (Fsp3) is 0.455. The first-order chi connectivity index (χ1) is 15.5. The molecular weight excluding hydrogens is 412 g/mol. The van der Waals surface area contributed by atoms with Crippen LogP contribution in [0.4, 0.5) is 22.0 Å². The van der Waals surface area contributed by atoms with E-state index >= 15 is 0 Å². The van der Waals surface area contributed by atoms with Crippen molar-refractivity contribution in [2.45, 2.75) is 19.4 Å². The summed E-state index contributed by atoms with van der Waals surface area (Å²) >= 11 is 0. The topological polar surface area (TPSA) is 109 Å². The van der Waals surface area contributed by atoms with Gasteiger partial charge in [-0.15, -0.1) is 0 Å². The number of morpholine rings is 1. The summed E-state index contributed by atoms with van der Waals surface area (Å²) in [4.78, 5) is 38.0. The molecule has 0 spiro atoms. The number of hydrogen-bond acceptors (Lipinski definition) is 7. The Bertz CT molecular complexity index is 998. The molecule has 2 aliphatic rings. The van der Waals surface area contributed by atoms with Gasteiger partial charge in [-0.3, -0.25) is 4.79 Å². The van der Waals surface area contributed by atoms with Crippen molar-refractivity contribution in [3.63, 3.8) is 0 Å². The van der Waals surface area contributed by atoms with Crippen molar-refractivity contribution in [3.8, 4) is 11.4 Å². The number of nitrogens with one attached hydrogen (secondary N) is 2. The highest BCUT2D eigenvalue weighted by molar-refractivity contribution is 6.07. The average Bonchev–Trinajstić information content (AvgIpc) is 2.81. The lowest BCUT2D eigenvalue weighted by Gasteiger charge is -2.50. The zero-order valence-corrected chi connectivity index (χ0v) is 18.6. The highest BCUT2D eigenvalue weighted by Crippen LogP contribution is 2.41. The molecular formula is C22H28N6O4. The summed E-state index contributed by atoms with van der Waals surface area (Å²) in [6, 6.07) is 7.01. The number of anilines is 3. The van der Waals surface area contributed by atoms with Crippen LogP contribution in [-0.2, 0) is 14.3 Å². The number of aromatic nitrogens is 2. The third kappa shape index (κ3) is 3.98. The standard InChI is InChI=1S/C22H28N6O4/c1-4-31-11-9-27-17-13-24-18(15-5-7-16(8-6-15)25-21(30)23-3)26-19(17)28-10-12-32-14-22(28,2)20(27)29/h5-8,13H,4,9-12,14H2,1-3H3,(H2,23,25,30). The summed E-state index contributed by atoms with van der Waals surface area (Å²) in [6.45, 7) is 6.66. The van der Waals surface area contributed by atoms with Crippen molar-refractivity contribution in [1.82, 2.24) is 15.3 Å². The molecule has 1 unspecified atom stereocenters. The van der Waals surface area contributed by atoms with E-state index in [9.17, 15) is 9.59 Å². The van der Waals surface area contributed by atoms with Gasteiger partial charge in [0.2, 0.25) is 0 Å². The molecule has 170 valence electrons. The van der Waals surface area contributed by atoms with E-state index in [-0.39, 0.29) is 11.9 Å². The number of fused-ring (bicyclic) bond motifs is 3. The van der Waals surface area contributed by atoms with Crippen LogP contribution in [0.2, 0.25) is 0 Å². The van der Waals surface area contributed by atoms with Crippen LogP contribution in [0.1, 0.15) is 13.8 Å². The largest absolute Gasteiger partial charge is 0.380 e. The Labute approximate surface area is 186 Å². The monoisotopic (exact) mass is 440 g/mol. The maximum atomic E-state index is 13.4. The Morgan fingerprint density at radius 2 is 2.09 bits per heavy atom. The molecule has 10 nitrogen and oxygen atoms in total. The van der Waals surface area contributed by atoms with Crippen LogP contribution in [0.25, 0.3) is 11.4 Å². The number of hydrogen-bond donors (Lipinski definition) is 2. The molecule has 0 bridgehead atoms. The van der Waals surface area contributed by atoms with E-state index in [1.54, 1.807) is 30.3 Å². The lowest BCUT2D eigenvalue weighted by Crippen LogP contribution is -2.67. The minimum absolute atomic E-state index is 0.0367. The summed E-state index contributed by atoms with van der Waals surface area (Å²) in [5.41, 5.74) is 1.32. The van der Waals surface area contributed by atoms with Gasteiger partial charge in [-0.05, 0) is 38.1 Å². The second kappa shape index (κ2) is 9.09. The van der Waals surface area contributed by atoms with E-state index in [1.807, 2.05) is 30.9 Å². The predicted octanol–water partition coefficient (Wildman–Crippen LogP) is 1.87. The predicted molar refractivity (Wildman–Crippen MR) is 121 cm³/mol. The van der Waals surface area contributed by atoms with Gasteiger partial charge < -0.3 is 29.9 Å². The summed E-state index contributed by atoms with van der Waals surface area (Å²) in [5.74, 6) is 1.22. The van der Waals surface area contributed by atoms with Crippen molar-refractivity contribution in [2.75, 3.05) is 61.7 Å². The number of rotatable bonds is 6. The van der Waals surface area contributed by atoms with Crippen LogP contribution in [0.15, 0.2) is 30.5 Å². The molecule has 3 amide bonds. The fourth-order valence-corrected chi connectivity index (χ4v) is 3.98. The summed E-state index contributed by atoms with van der Waals surface area (Å²) in [6.07, 6.45) is 1.70. The second-order valence-electron chi connectivity index (χ2n) is 7.82. The zero-order chi connectivity index (χ0) is 22.7. The molecule has 0 saturated carbocycles. The van der Waals surface area contributed by atoms with E-state index in [0.717, 1.165) is 5.56 Å². The molecule has 4 rings (SSSR count). The molecule has 1 aromatic heterocycles. The third-order valence-corrected chi connectivity index (χ3v) is 5.73. The van der Waals surface area contributed by atoms with Gasteiger partial charge in [0.15, 0.2) is 11.6 Å². The quantitative estimate of drug-likeness (QED) is 0.660. The Hall–Kier alpha value is -3.24. The molecule has 1 aromatic carbocycles. The first-order valence-corrected chi connectivity index (χ1v) is 10.7. The number of urea groups is 1. The lowest BCUT2D eigenvalue weighted by molar-refractivity contribution is -0.127. The number of amides is 3. The van der Waals surface area contributed by atoms with Gasteiger partial charge >= 0.3 is 6.03 Å². The number of nitrogens with zero attached hydrogens (tertiary/aromatic N) is 4. The van der Waals surface area contributed by atoms with E-state index in [1.165, 1.54) is 0 Å². The summed E-state index contributed by atoms with van der Waals surface area (Å²) in [7, 11) is 1.56. The lowest BCUT2D eigenvalue weighted by atomic mass is 9.94. The minimum Gasteiger partial charge on any atom is -0.380 e. The van der Waals surface area contributed by atoms with Crippen LogP contribution in [0.5, 0.6) is 0 Å². The molecule has 1 atom stereocenters. The fourth-order valence-electron chi connectivity index (χ4n) is 3.98. The number of carbonyl (C=O) groups excluding carboxylic acids is 2. The van der Waals surface area contributed by atoms with Crippen molar-refractivity contribution >= 4 is 29.1 Å². The Kier molecular flexibility index (Phi) is 6.24. The van der Waals surface area contributed by atoms with E-state index in [0.29, 0.717) is 62.5 Å². The van der Waals surface area contributed by atoms with Crippen LogP contribution in [0.3, 0.4) is 0 Å². The van der Waals surface area contributed by atoms with Gasteiger partial charge in [-0.25, -0.2) is 14.8 Å². The molecule has 0 aliphatic carbocycles.